The third-order valence-corrected chi connectivity index (χ3v) is 6.46. The molecule has 0 unspecified atom stereocenters. The number of rotatable bonds is 6. The van der Waals surface area contributed by atoms with Gasteiger partial charge in [0.2, 0.25) is 5.88 Å². The summed E-state index contributed by atoms with van der Waals surface area (Å²) in [5, 5.41) is 3.83. The van der Waals surface area contributed by atoms with E-state index < -0.39 is 15.8 Å². The van der Waals surface area contributed by atoms with Crippen molar-refractivity contribution in [2.45, 2.75) is 11.8 Å². The standard InChI is InChI=1S/C22H19ClFN5O3S/c1-12-18(6-14-10-26-21(25-2)9-19(14)28-12)13-4-16(24)8-17(5-13)29-33(30,31)20-7-15(23)11-27-22(20)32-3/h4-11,29H,1-3H3,(H,25,26). The zero-order chi connectivity index (χ0) is 23.8. The number of aromatic nitrogens is 3. The predicted molar refractivity (Wildman–Crippen MR) is 126 cm³/mol. The van der Waals surface area contributed by atoms with Gasteiger partial charge in [0.15, 0.2) is 4.90 Å². The zero-order valence-electron chi connectivity index (χ0n) is 17.8. The molecule has 11 heteroatoms. The SMILES string of the molecule is CNc1cc2nc(C)c(-c3cc(F)cc(NS(=O)(=O)c4cc(Cl)cnc4OC)c3)cc2cn1. The molecule has 8 nitrogen and oxygen atoms in total. The molecule has 4 aromatic rings. The molecular formula is C22H19ClFN5O3S. The lowest BCUT2D eigenvalue weighted by Crippen LogP contribution is -2.15. The van der Waals surface area contributed by atoms with E-state index in [9.17, 15) is 12.8 Å². The number of nitrogens with zero attached hydrogens (tertiary/aromatic N) is 3. The maximum Gasteiger partial charge on any atom is 0.267 e. The van der Waals surface area contributed by atoms with Crippen molar-refractivity contribution in [2.24, 2.45) is 0 Å². The number of hydrogen-bond acceptors (Lipinski definition) is 7. The Morgan fingerprint density at radius 2 is 1.85 bits per heavy atom. The van der Waals surface area contributed by atoms with E-state index in [-0.39, 0.29) is 21.5 Å². The maximum absolute atomic E-state index is 14.5. The fourth-order valence-corrected chi connectivity index (χ4v) is 4.77. The third kappa shape index (κ3) is 4.67. The van der Waals surface area contributed by atoms with Crippen molar-refractivity contribution >= 4 is 44.0 Å². The fourth-order valence-electron chi connectivity index (χ4n) is 3.36. The average molecular weight is 488 g/mol. The second kappa shape index (κ2) is 8.80. The van der Waals surface area contributed by atoms with Crippen LogP contribution in [-0.4, -0.2) is 37.5 Å². The Kier molecular flexibility index (Phi) is 6.05. The molecule has 33 heavy (non-hydrogen) atoms. The van der Waals surface area contributed by atoms with Crippen molar-refractivity contribution in [1.82, 2.24) is 15.0 Å². The molecular weight excluding hydrogens is 469 g/mol. The second-order valence-electron chi connectivity index (χ2n) is 7.13. The van der Waals surface area contributed by atoms with Crippen LogP contribution in [0.15, 0.2) is 53.7 Å². The van der Waals surface area contributed by atoms with Crippen molar-refractivity contribution in [3.8, 4) is 17.0 Å². The zero-order valence-corrected chi connectivity index (χ0v) is 19.4. The summed E-state index contributed by atoms with van der Waals surface area (Å²) < 4.78 is 47.8. The van der Waals surface area contributed by atoms with Crippen LogP contribution in [0.25, 0.3) is 22.0 Å². The lowest BCUT2D eigenvalue weighted by atomic mass is 10.0. The molecule has 4 rings (SSSR count). The first-order valence-corrected chi connectivity index (χ1v) is 11.5. The average Bonchev–Trinajstić information content (AvgIpc) is 2.77. The summed E-state index contributed by atoms with van der Waals surface area (Å²) in [5.41, 5.74) is 2.50. The molecule has 3 aromatic heterocycles. The van der Waals surface area contributed by atoms with Gasteiger partial charge in [0.25, 0.3) is 10.0 Å². The summed E-state index contributed by atoms with van der Waals surface area (Å²) in [4.78, 5) is 12.5. The number of pyridine rings is 3. The molecule has 0 spiro atoms. The number of benzene rings is 1. The quantitative estimate of drug-likeness (QED) is 0.408. The van der Waals surface area contributed by atoms with Crippen LogP contribution in [0.5, 0.6) is 5.88 Å². The van der Waals surface area contributed by atoms with Crippen LogP contribution >= 0.6 is 11.6 Å². The molecule has 0 atom stereocenters. The third-order valence-electron chi connectivity index (χ3n) is 4.87. The number of methoxy groups -OCH3 is 1. The Morgan fingerprint density at radius 1 is 1.06 bits per heavy atom. The van der Waals surface area contributed by atoms with E-state index in [0.717, 1.165) is 17.0 Å². The Hall–Kier alpha value is -3.50. The van der Waals surface area contributed by atoms with Crippen LogP contribution in [0.2, 0.25) is 5.02 Å². The molecule has 2 N–H and O–H groups in total. The Balaban J connectivity index is 1.76. The number of ether oxygens (including phenoxy) is 1. The number of sulfonamides is 1. The van der Waals surface area contributed by atoms with Crippen LogP contribution in [0, 0.1) is 12.7 Å². The number of nitrogens with one attached hydrogen (secondary N) is 2. The first-order valence-electron chi connectivity index (χ1n) is 9.68. The summed E-state index contributed by atoms with van der Waals surface area (Å²) in [6, 6.07) is 8.77. The van der Waals surface area contributed by atoms with Gasteiger partial charge in [-0.15, -0.1) is 0 Å². The van der Waals surface area contributed by atoms with Crippen molar-refractivity contribution in [3.05, 3.63) is 65.3 Å². The largest absolute Gasteiger partial charge is 0.480 e. The van der Waals surface area contributed by atoms with Gasteiger partial charge in [0.05, 0.1) is 23.3 Å². The van der Waals surface area contributed by atoms with E-state index in [1.54, 1.807) is 20.2 Å². The minimum Gasteiger partial charge on any atom is -0.480 e. The second-order valence-corrected chi connectivity index (χ2v) is 9.22. The van der Waals surface area contributed by atoms with Crippen molar-refractivity contribution in [3.63, 3.8) is 0 Å². The number of fused-ring (bicyclic) bond motifs is 1. The van der Waals surface area contributed by atoms with Crippen LogP contribution in [0.4, 0.5) is 15.9 Å². The topological polar surface area (TPSA) is 106 Å². The molecule has 0 saturated carbocycles. The van der Waals surface area contributed by atoms with E-state index in [2.05, 4.69) is 25.0 Å². The Labute approximate surface area is 194 Å². The highest BCUT2D eigenvalue weighted by atomic mass is 35.5. The van der Waals surface area contributed by atoms with Crippen LogP contribution < -0.4 is 14.8 Å². The highest BCUT2D eigenvalue weighted by Crippen LogP contribution is 2.31. The van der Waals surface area contributed by atoms with E-state index in [0.29, 0.717) is 22.6 Å². The van der Waals surface area contributed by atoms with E-state index in [1.165, 1.54) is 31.5 Å². The van der Waals surface area contributed by atoms with Crippen LogP contribution in [-0.2, 0) is 10.0 Å². The monoisotopic (exact) mass is 487 g/mol. The lowest BCUT2D eigenvalue weighted by molar-refractivity contribution is 0.385. The van der Waals surface area contributed by atoms with Gasteiger partial charge in [-0.2, -0.15) is 0 Å². The number of halogens is 2. The van der Waals surface area contributed by atoms with Gasteiger partial charge < -0.3 is 10.1 Å². The van der Waals surface area contributed by atoms with Crippen molar-refractivity contribution in [2.75, 3.05) is 24.2 Å². The molecule has 0 bridgehead atoms. The molecule has 3 heterocycles. The Bertz CT molecular complexity index is 1480. The van der Waals surface area contributed by atoms with Crippen LogP contribution in [0.3, 0.4) is 0 Å². The van der Waals surface area contributed by atoms with Gasteiger partial charge in [-0.3, -0.25) is 9.71 Å². The minimum absolute atomic E-state index is 0.0233. The van der Waals surface area contributed by atoms with Crippen LogP contribution in [0.1, 0.15) is 5.69 Å². The summed E-state index contributed by atoms with van der Waals surface area (Å²) in [5.74, 6) is -0.0772. The van der Waals surface area contributed by atoms with Crippen molar-refractivity contribution in [1.29, 1.82) is 0 Å². The number of aryl methyl sites for hydroxylation is 1. The predicted octanol–water partition coefficient (Wildman–Crippen LogP) is 4.64. The minimum atomic E-state index is -4.17. The summed E-state index contributed by atoms with van der Waals surface area (Å²) in [7, 11) is -1.11. The molecule has 0 fully saturated rings. The van der Waals surface area contributed by atoms with Crippen molar-refractivity contribution < 1.29 is 17.5 Å². The number of hydrogen-bond donors (Lipinski definition) is 2. The first-order chi connectivity index (χ1) is 15.7. The molecule has 0 aliphatic rings. The van der Waals surface area contributed by atoms with Gasteiger partial charge in [0, 0.05) is 42.2 Å². The van der Waals surface area contributed by atoms with Gasteiger partial charge >= 0.3 is 0 Å². The van der Waals surface area contributed by atoms with Gasteiger partial charge in [0.1, 0.15) is 11.6 Å². The first kappa shape index (κ1) is 22.7. The summed E-state index contributed by atoms with van der Waals surface area (Å²) in [6.45, 7) is 1.80. The van der Waals surface area contributed by atoms with E-state index >= 15 is 0 Å². The molecule has 0 aliphatic heterocycles. The molecule has 0 saturated heterocycles. The highest BCUT2D eigenvalue weighted by Gasteiger charge is 2.22. The Morgan fingerprint density at radius 3 is 2.58 bits per heavy atom. The van der Waals surface area contributed by atoms with Gasteiger partial charge in [-0.25, -0.2) is 22.8 Å². The van der Waals surface area contributed by atoms with E-state index in [1.807, 2.05) is 12.1 Å². The maximum atomic E-state index is 14.5. The molecule has 0 amide bonds. The molecule has 170 valence electrons. The number of anilines is 2. The smallest absolute Gasteiger partial charge is 0.267 e. The highest BCUT2D eigenvalue weighted by molar-refractivity contribution is 7.92. The fraction of sp³-hybridized carbons (Fsp3) is 0.136. The lowest BCUT2D eigenvalue weighted by Gasteiger charge is -2.13. The molecule has 0 aliphatic carbocycles. The van der Waals surface area contributed by atoms with Gasteiger partial charge in [-0.05, 0) is 42.8 Å². The van der Waals surface area contributed by atoms with Gasteiger partial charge in [-0.1, -0.05) is 11.6 Å². The summed E-state index contributed by atoms with van der Waals surface area (Å²) >= 11 is 5.91. The molecule has 0 radical (unpaired) electrons. The molecule has 1 aromatic carbocycles. The normalized spacial score (nSPS) is 11.4. The van der Waals surface area contributed by atoms with E-state index in [4.69, 9.17) is 16.3 Å². The summed E-state index contributed by atoms with van der Waals surface area (Å²) in [6.07, 6.45) is 2.93.